The zero-order chi connectivity index (χ0) is 22.7. The Morgan fingerprint density at radius 3 is 2.56 bits per heavy atom. The second-order valence-corrected chi connectivity index (χ2v) is 7.59. The average Bonchev–Trinajstić information content (AvgIpc) is 2.79. The van der Waals surface area contributed by atoms with Crippen LogP contribution in [0.25, 0.3) is 11.4 Å². The smallest absolute Gasteiger partial charge is 0.417 e. The molecule has 1 fully saturated rings. The van der Waals surface area contributed by atoms with Gasteiger partial charge in [0.2, 0.25) is 5.88 Å². The number of carbonyl (C=O) groups is 1. The topological polar surface area (TPSA) is 68.2 Å². The monoisotopic (exact) mass is 442 g/mol. The number of hydrogen-bond donors (Lipinski definition) is 0. The molecule has 0 aliphatic carbocycles. The van der Waals surface area contributed by atoms with Gasteiger partial charge in [0, 0.05) is 36.8 Å². The Hall–Kier alpha value is -3.49. The summed E-state index contributed by atoms with van der Waals surface area (Å²) in [6.07, 6.45) is 0.580. The van der Waals surface area contributed by atoms with Crippen LogP contribution in [-0.2, 0) is 6.18 Å². The molecule has 6 nitrogen and oxygen atoms in total. The number of ether oxygens (including phenoxy) is 1. The molecule has 1 aliphatic rings. The van der Waals surface area contributed by atoms with Crippen molar-refractivity contribution in [2.24, 2.45) is 0 Å². The molecule has 0 N–H and O–H groups in total. The fraction of sp³-hybridized carbons (Fsp3) is 0.304. The molecule has 9 heteroatoms. The van der Waals surface area contributed by atoms with Crippen LogP contribution >= 0.6 is 0 Å². The van der Waals surface area contributed by atoms with Crippen LogP contribution in [0, 0.1) is 6.92 Å². The Morgan fingerprint density at radius 1 is 1.09 bits per heavy atom. The zero-order valence-electron chi connectivity index (χ0n) is 17.3. The third-order valence-electron chi connectivity index (χ3n) is 5.31. The molecule has 0 radical (unpaired) electrons. The maximum atomic E-state index is 13.4. The number of benzene rings is 1. The summed E-state index contributed by atoms with van der Waals surface area (Å²) in [5, 5.41) is 0. The lowest BCUT2D eigenvalue weighted by Crippen LogP contribution is -2.44. The fourth-order valence-corrected chi connectivity index (χ4v) is 3.75. The lowest BCUT2D eigenvalue weighted by molar-refractivity contribution is -0.137. The van der Waals surface area contributed by atoms with E-state index in [1.54, 1.807) is 29.4 Å². The summed E-state index contributed by atoms with van der Waals surface area (Å²) >= 11 is 0. The quantitative estimate of drug-likeness (QED) is 0.593. The second-order valence-electron chi connectivity index (χ2n) is 7.59. The van der Waals surface area contributed by atoms with Crippen molar-refractivity contribution in [3.63, 3.8) is 0 Å². The highest BCUT2D eigenvalue weighted by Gasteiger charge is 2.31. The molecule has 0 bridgehead atoms. The first-order valence-electron chi connectivity index (χ1n) is 10.2. The number of alkyl halides is 3. The van der Waals surface area contributed by atoms with Gasteiger partial charge in [0.15, 0.2) is 5.82 Å². The Labute approximate surface area is 183 Å². The fourth-order valence-electron chi connectivity index (χ4n) is 3.75. The molecule has 0 spiro atoms. The predicted molar refractivity (Wildman–Crippen MR) is 111 cm³/mol. The highest BCUT2D eigenvalue weighted by atomic mass is 19.4. The SMILES string of the molecule is Cc1cccc(C(=O)N2CCC[C@@H](Oc3ccc(C(F)(F)F)cn3)C2)c1-c1ncccn1. The molecule has 3 heterocycles. The van der Waals surface area contributed by atoms with Gasteiger partial charge in [0.05, 0.1) is 17.7 Å². The number of amides is 1. The third-order valence-corrected chi connectivity index (χ3v) is 5.31. The molecule has 4 rings (SSSR count). The molecule has 3 aromatic rings. The van der Waals surface area contributed by atoms with Gasteiger partial charge in [-0.25, -0.2) is 15.0 Å². The highest BCUT2D eigenvalue weighted by Crippen LogP contribution is 2.30. The number of hydrogen-bond acceptors (Lipinski definition) is 5. The van der Waals surface area contributed by atoms with Crippen molar-refractivity contribution in [2.75, 3.05) is 13.1 Å². The first-order valence-corrected chi connectivity index (χ1v) is 10.2. The molecule has 1 saturated heterocycles. The van der Waals surface area contributed by atoms with E-state index in [2.05, 4.69) is 15.0 Å². The lowest BCUT2D eigenvalue weighted by atomic mass is 9.98. The van der Waals surface area contributed by atoms with Crippen molar-refractivity contribution in [1.82, 2.24) is 19.9 Å². The predicted octanol–water partition coefficient (Wildman–Crippen LogP) is 4.55. The van der Waals surface area contributed by atoms with Gasteiger partial charge in [-0.15, -0.1) is 0 Å². The van der Waals surface area contributed by atoms with Gasteiger partial charge in [-0.2, -0.15) is 13.2 Å². The van der Waals surface area contributed by atoms with Crippen LogP contribution < -0.4 is 4.74 Å². The first-order chi connectivity index (χ1) is 15.3. The van der Waals surface area contributed by atoms with E-state index in [4.69, 9.17) is 4.74 Å². The van der Waals surface area contributed by atoms with E-state index in [-0.39, 0.29) is 17.9 Å². The Kier molecular flexibility index (Phi) is 6.07. The third kappa shape index (κ3) is 4.71. The normalized spacial score (nSPS) is 16.6. The Balaban J connectivity index is 1.51. The number of pyridine rings is 1. The van der Waals surface area contributed by atoms with Crippen molar-refractivity contribution in [1.29, 1.82) is 0 Å². The van der Waals surface area contributed by atoms with Crippen molar-refractivity contribution >= 4 is 5.91 Å². The van der Waals surface area contributed by atoms with Crippen molar-refractivity contribution in [3.8, 4) is 17.3 Å². The molecule has 0 unspecified atom stereocenters. The van der Waals surface area contributed by atoms with Crippen LogP contribution in [-0.4, -0.2) is 45.0 Å². The van der Waals surface area contributed by atoms with Crippen LogP contribution in [0.4, 0.5) is 13.2 Å². The van der Waals surface area contributed by atoms with Crippen LogP contribution in [0.1, 0.15) is 34.3 Å². The molecule has 0 saturated carbocycles. The molecule has 32 heavy (non-hydrogen) atoms. The van der Waals surface area contributed by atoms with Crippen molar-refractivity contribution in [2.45, 2.75) is 32.0 Å². The summed E-state index contributed by atoms with van der Waals surface area (Å²) in [5.74, 6) is 0.420. The minimum atomic E-state index is -4.45. The van der Waals surface area contributed by atoms with E-state index in [9.17, 15) is 18.0 Å². The largest absolute Gasteiger partial charge is 0.472 e. The number of aromatic nitrogens is 3. The molecule has 1 aromatic carbocycles. The number of carbonyl (C=O) groups excluding carboxylic acids is 1. The number of piperidine rings is 1. The van der Waals surface area contributed by atoms with Gasteiger partial charge in [0.1, 0.15) is 6.10 Å². The van der Waals surface area contributed by atoms with E-state index < -0.39 is 11.7 Å². The van der Waals surface area contributed by atoms with Crippen molar-refractivity contribution in [3.05, 3.63) is 71.7 Å². The molecule has 1 atom stereocenters. The standard InChI is InChI=1S/C23H21F3N4O2/c1-15-5-2-7-18(20(15)21-27-10-4-11-28-21)22(31)30-12-3-6-17(14-30)32-19-9-8-16(13-29-19)23(24,25)26/h2,4-5,7-11,13,17H,3,6,12,14H2,1H3/t17-/m1/s1. The molecular weight excluding hydrogens is 421 g/mol. The van der Waals surface area contributed by atoms with Gasteiger partial charge in [-0.05, 0) is 43.5 Å². The number of likely N-dealkylation sites (tertiary alicyclic amines) is 1. The Bertz CT molecular complexity index is 1090. The second kappa shape index (κ2) is 8.94. The van der Waals surface area contributed by atoms with Gasteiger partial charge < -0.3 is 9.64 Å². The number of rotatable bonds is 4. The van der Waals surface area contributed by atoms with Crippen LogP contribution in [0.3, 0.4) is 0 Å². The van der Waals surface area contributed by atoms with E-state index in [0.717, 1.165) is 17.8 Å². The summed E-state index contributed by atoms with van der Waals surface area (Å²) in [6.45, 7) is 2.77. The minimum absolute atomic E-state index is 0.103. The average molecular weight is 442 g/mol. The molecule has 1 amide bonds. The van der Waals surface area contributed by atoms with Crippen LogP contribution in [0.15, 0.2) is 55.0 Å². The summed E-state index contributed by atoms with van der Waals surface area (Å²) in [4.78, 5) is 27.4. The van der Waals surface area contributed by atoms with E-state index in [0.29, 0.717) is 42.9 Å². The summed E-state index contributed by atoms with van der Waals surface area (Å²) in [6, 6.07) is 9.33. The number of aryl methyl sites for hydroxylation is 1. The maximum Gasteiger partial charge on any atom is 0.417 e. The van der Waals surface area contributed by atoms with Gasteiger partial charge >= 0.3 is 6.18 Å². The van der Waals surface area contributed by atoms with Crippen molar-refractivity contribution < 1.29 is 22.7 Å². The van der Waals surface area contributed by atoms with Gasteiger partial charge in [-0.1, -0.05) is 12.1 Å². The van der Waals surface area contributed by atoms with E-state index >= 15 is 0 Å². The summed E-state index contributed by atoms with van der Waals surface area (Å²) < 4.78 is 44.0. The van der Waals surface area contributed by atoms with Crippen LogP contribution in [0.2, 0.25) is 0 Å². The van der Waals surface area contributed by atoms with E-state index in [1.807, 2.05) is 19.1 Å². The number of nitrogens with zero attached hydrogens (tertiary/aromatic N) is 4. The van der Waals surface area contributed by atoms with Crippen LogP contribution in [0.5, 0.6) is 5.88 Å². The molecular formula is C23H21F3N4O2. The van der Waals surface area contributed by atoms with Gasteiger partial charge in [-0.3, -0.25) is 4.79 Å². The summed E-state index contributed by atoms with van der Waals surface area (Å²) in [5.41, 5.74) is 1.25. The Morgan fingerprint density at radius 2 is 1.88 bits per heavy atom. The molecule has 2 aromatic heterocycles. The zero-order valence-corrected chi connectivity index (χ0v) is 17.3. The minimum Gasteiger partial charge on any atom is -0.472 e. The maximum absolute atomic E-state index is 13.4. The van der Waals surface area contributed by atoms with E-state index in [1.165, 1.54) is 6.07 Å². The first kappa shape index (κ1) is 21.7. The number of halogens is 3. The van der Waals surface area contributed by atoms with Gasteiger partial charge in [0.25, 0.3) is 5.91 Å². The molecule has 166 valence electrons. The highest BCUT2D eigenvalue weighted by molar-refractivity contribution is 6.00. The lowest BCUT2D eigenvalue weighted by Gasteiger charge is -2.33. The summed E-state index contributed by atoms with van der Waals surface area (Å²) in [7, 11) is 0. The molecule has 1 aliphatic heterocycles.